The van der Waals surface area contributed by atoms with Gasteiger partial charge >= 0.3 is 0 Å². The van der Waals surface area contributed by atoms with Crippen molar-refractivity contribution in [3.63, 3.8) is 0 Å². The summed E-state index contributed by atoms with van der Waals surface area (Å²) in [4.78, 5) is 25.9. The number of carbonyl (C=O) groups excluding carboxylic acids is 1. The second-order valence-electron chi connectivity index (χ2n) is 7.63. The molecule has 2 aromatic heterocycles. The molecule has 7 nitrogen and oxygen atoms in total. The molecule has 0 saturated carbocycles. The summed E-state index contributed by atoms with van der Waals surface area (Å²) in [6, 6.07) is 17.6. The van der Waals surface area contributed by atoms with E-state index in [4.69, 9.17) is 14.4 Å². The van der Waals surface area contributed by atoms with Crippen LogP contribution in [0.4, 0.5) is 16.2 Å². The van der Waals surface area contributed by atoms with Gasteiger partial charge in [-0.05, 0) is 42.0 Å². The molecule has 4 aromatic rings. The molecule has 1 saturated heterocycles. The first-order chi connectivity index (χ1) is 15.7. The molecule has 0 spiro atoms. The van der Waals surface area contributed by atoms with Crippen LogP contribution < -0.4 is 10.2 Å². The molecule has 8 heteroatoms. The molecule has 2 aromatic carbocycles. The average Bonchev–Trinajstić information content (AvgIpc) is 3.38. The molecule has 0 bridgehead atoms. The van der Waals surface area contributed by atoms with Crippen LogP contribution in [0.1, 0.15) is 16.1 Å². The van der Waals surface area contributed by atoms with E-state index in [1.165, 1.54) is 18.4 Å². The molecule has 0 unspecified atom stereocenters. The summed E-state index contributed by atoms with van der Waals surface area (Å²) in [6.45, 7) is 2.90. The number of carbonyl (C=O) groups is 1. The molecule has 0 radical (unpaired) electrons. The van der Waals surface area contributed by atoms with E-state index in [2.05, 4.69) is 10.2 Å². The number of para-hydroxylation sites is 1. The van der Waals surface area contributed by atoms with Crippen LogP contribution in [0.2, 0.25) is 0 Å². The van der Waals surface area contributed by atoms with Gasteiger partial charge < -0.3 is 19.5 Å². The number of furan rings is 1. The van der Waals surface area contributed by atoms with Gasteiger partial charge in [0.2, 0.25) is 5.95 Å². The Morgan fingerprint density at radius 1 is 0.969 bits per heavy atom. The summed E-state index contributed by atoms with van der Waals surface area (Å²) >= 11 is 0. The van der Waals surface area contributed by atoms with Crippen LogP contribution in [0, 0.1) is 5.82 Å². The fourth-order valence-electron chi connectivity index (χ4n) is 3.79. The third-order valence-corrected chi connectivity index (χ3v) is 5.55. The zero-order valence-electron chi connectivity index (χ0n) is 17.4. The zero-order chi connectivity index (χ0) is 21.9. The summed E-state index contributed by atoms with van der Waals surface area (Å²) in [6.07, 6.45) is 1.51. The minimum absolute atomic E-state index is 0.101. The Hall–Kier alpha value is -3.94. The highest BCUT2D eigenvalue weighted by Crippen LogP contribution is 2.25. The smallest absolute Gasteiger partial charge is 0.289 e. The highest BCUT2D eigenvalue weighted by Gasteiger charge is 2.25. The quantitative estimate of drug-likeness (QED) is 0.516. The molecule has 1 aliphatic heterocycles. The fourth-order valence-corrected chi connectivity index (χ4v) is 3.79. The first-order valence-corrected chi connectivity index (χ1v) is 10.5. The van der Waals surface area contributed by atoms with E-state index in [-0.39, 0.29) is 11.7 Å². The summed E-state index contributed by atoms with van der Waals surface area (Å²) in [5.74, 6) is 1.34. The highest BCUT2D eigenvalue weighted by molar-refractivity contribution is 5.92. The van der Waals surface area contributed by atoms with Crippen LogP contribution in [0.5, 0.6) is 0 Å². The number of benzene rings is 2. The van der Waals surface area contributed by atoms with E-state index in [1.807, 2.05) is 24.3 Å². The van der Waals surface area contributed by atoms with Gasteiger partial charge in [0.05, 0.1) is 11.8 Å². The maximum atomic E-state index is 13.2. The van der Waals surface area contributed by atoms with Gasteiger partial charge in [-0.15, -0.1) is 0 Å². The fraction of sp³-hybridized carbons (Fsp3) is 0.208. The van der Waals surface area contributed by atoms with Gasteiger partial charge in [-0.25, -0.2) is 9.37 Å². The van der Waals surface area contributed by atoms with Crippen molar-refractivity contribution in [2.75, 3.05) is 36.4 Å². The monoisotopic (exact) mass is 431 g/mol. The Kier molecular flexibility index (Phi) is 5.41. The van der Waals surface area contributed by atoms with E-state index in [1.54, 1.807) is 29.2 Å². The third kappa shape index (κ3) is 4.12. The molecule has 3 heterocycles. The van der Waals surface area contributed by atoms with Crippen molar-refractivity contribution < 1.29 is 13.6 Å². The maximum absolute atomic E-state index is 13.2. The van der Waals surface area contributed by atoms with E-state index < -0.39 is 0 Å². The number of piperazine rings is 1. The normalized spacial score (nSPS) is 14.0. The highest BCUT2D eigenvalue weighted by atomic mass is 19.1. The maximum Gasteiger partial charge on any atom is 0.289 e. The number of nitrogens with one attached hydrogen (secondary N) is 1. The molecule has 0 atom stereocenters. The standard InChI is InChI=1S/C24H22FN5O2/c25-18-9-7-17(8-10-18)16-26-22-19-4-1-2-5-20(19)27-24(28-22)30-13-11-29(12-14-30)23(31)21-6-3-15-32-21/h1-10,15H,11-14,16H2,(H,26,27,28). The van der Waals surface area contributed by atoms with Crippen LogP contribution in [-0.4, -0.2) is 47.0 Å². The van der Waals surface area contributed by atoms with Crippen molar-refractivity contribution in [2.24, 2.45) is 0 Å². The number of hydrogen-bond acceptors (Lipinski definition) is 6. The SMILES string of the molecule is O=C(c1ccco1)N1CCN(c2nc(NCc3ccc(F)cc3)c3ccccc3n2)CC1. The van der Waals surface area contributed by atoms with Gasteiger partial charge in [0.15, 0.2) is 5.76 Å². The topological polar surface area (TPSA) is 74.5 Å². The Morgan fingerprint density at radius 2 is 1.75 bits per heavy atom. The van der Waals surface area contributed by atoms with Crippen LogP contribution >= 0.6 is 0 Å². The van der Waals surface area contributed by atoms with E-state index in [9.17, 15) is 9.18 Å². The zero-order valence-corrected chi connectivity index (χ0v) is 17.4. The minimum atomic E-state index is -0.256. The Morgan fingerprint density at radius 3 is 2.50 bits per heavy atom. The lowest BCUT2D eigenvalue weighted by Gasteiger charge is -2.34. The van der Waals surface area contributed by atoms with Gasteiger partial charge in [-0.2, -0.15) is 4.98 Å². The number of nitrogens with zero attached hydrogens (tertiary/aromatic N) is 4. The van der Waals surface area contributed by atoms with Crippen molar-refractivity contribution >= 4 is 28.6 Å². The van der Waals surface area contributed by atoms with Gasteiger partial charge in [0.25, 0.3) is 5.91 Å². The second kappa shape index (κ2) is 8.66. The lowest BCUT2D eigenvalue weighted by molar-refractivity contribution is 0.0714. The van der Waals surface area contributed by atoms with E-state index in [0.717, 1.165) is 22.3 Å². The first kappa shape index (κ1) is 20.0. The van der Waals surface area contributed by atoms with Crippen molar-refractivity contribution in [1.29, 1.82) is 0 Å². The second-order valence-corrected chi connectivity index (χ2v) is 7.63. The number of fused-ring (bicyclic) bond motifs is 1. The number of aromatic nitrogens is 2. The van der Waals surface area contributed by atoms with Crippen LogP contribution in [0.25, 0.3) is 10.9 Å². The Balaban J connectivity index is 1.34. The Bertz CT molecular complexity index is 1220. The number of amides is 1. The molecule has 1 amide bonds. The van der Waals surface area contributed by atoms with Gasteiger partial charge in [-0.3, -0.25) is 4.79 Å². The van der Waals surface area contributed by atoms with Crippen LogP contribution in [-0.2, 0) is 6.54 Å². The van der Waals surface area contributed by atoms with E-state index in [0.29, 0.717) is 44.4 Å². The van der Waals surface area contributed by atoms with Crippen LogP contribution in [0.3, 0.4) is 0 Å². The molecule has 1 fully saturated rings. The predicted octanol–water partition coefficient (Wildman–Crippen LogP) is 3.94. The molecule has 32 heavy (non-hydrogen) atoms. The summed E-state index contributed by atoms with van der Waals surface area (Å²) in [7, 11) is 0. The molecule has 0 aliphatic carbocycles. The van der Waals surface area contributed by atoms with Gasteiger partial charge in [-0.1, -0.05) is 24.3 Å². The summed E-state index contributed by atoms with van der Waals surface area (Å²) in [5.41, 5.74) is 1.80. The molecule has 162 valence electrons. The summed E-state index contributed by atoms with van der Waals surface area (Å²) in [5, 5.41) is 4.29. The molecule has 1 aliphatic rings. The number of hydrogen-bond donors (Lipinski definition) is 1. The van der Waals surface area contributed by atoms with Crippen molar-refractivity contribution in [3.05, 3.63) is 84.1 Å². The minimum Gasteiger partial charge on any atom is -0.459 e. The van der Waals surface area contributed by atoms with Crippen molar-refractivity contribution in [2.45, 2.75) is 6.54 Å². The lowest BCUT2D eigenvalue weighted by Crippen LogP contribution is -2.49. The number of rotatable bonds is 5. The Labute approximate surface area is 184 Å². The molecule has 1 N–H and O–H groups in total. The van der Waals surface area contributed by atoms with Gasteiger partial charge in [0.1, 0.15) is 11.6 Å². The first-order valence-electron chi connectivity index (χ1n) is 10.5. The largest absolute Gasteiger partial charge is 0.459 e. The number of halogens is 1. The van der Waals surface area contributed by atoms with Gasteiger partial charge in [0, 0.05) is 38.1 Å². The molecule has 5 rings (SSSR count). The summed E-state index contributed by atoms with van der Waals surface area (Å²) < 4.78 is 18.4. The van der Waals surface area contributed by atoms with Crippen molar-refractivity contribution in [3.8, 4) is 0 Å². The molecular formula is C24H22FN5O2. The van der Waals surface area contributed by atoms with Crippen molar-refractivity contribution in [1.82, 2.24) is 14.9 Å². The number of anilines is 2. The average molecular weight is 431 g/mol. The van der Waals surface area contributed by atoms with Crippen LogP contribution in [0.15, 0.2) is 71.3 Å². The molecular weight excluding hydrogens is 409 g/mol. The predicted molar refractivity (Wildman–Crippen MR) is 120 cm³/mol. The third-order valence-electron chi connectivity index (χ3n) is 5.55. The lowest BCUT2D eigenvalue weighted by atomic mass is 10.2. The van der Waals surface area contributed by atoms with E-state index >= 15 is 0 Å².